The Balaban J connectivity index is 1.74. The molecule has 1 fully saturated rings. The first-order chi connectivity index (χ1) is 11.8. The molecule has 25 heavy (non-hydrogen) atoms. The molecule has 0 unspecified atom stereocenters. The molecule has 1 aliphatic rings. The number of hydrogen-bond donors (Lipinski definition) is 2. The topological polar surface area (TPSA) is 116 Å². The molecule has 1 aliphatic carbocycles. The molecule has 2 rings (SSSR count). The lowest BCUT2D eigenvalue weighted by Gasteiger charge is -2.20. The normalized spacial score (nSPS) is 15.6. The van der Waals surface area contributed by atoms with E-state index in [9.17, 15) is 18.0 Å². The Morgan fingerprint density at radius 2 is 1.92 bits per heavy atom. The van der Waals surface area contributed by atoms with Gasteiger partial charge in [0.2, 0.25) is 10.0 Å². The summed E-state index contributed by atoms with van der Waals surface area (Å²) in [7, 11) is -3.84. The van der Waals surface area contributed by atoms with Crippen LogP contribution in [0.5, 0.6) is 0 Å². The summed E-state index contributed by atoms with van der Waals surface area (Å²) in [6.07, 6.45) is 7.16. The highest BCUT2D eigenvalue weighted by molar-refractivity contribution is 7.89. The van der Waals surface area contributed by atoms with E-state index in [0.29, 0.717) is 12.3 Å². The van der Waals surface area contributed by atoms with Crippen molar-refractivity contribution in [3.63, 3.8) is 0 Å². The van der Waals surface area contributed by atoms with E-state index in [1.165, 1.54) is 43.5 Å². The second kappa shape index (κ2) is 8.96. The highest BCUT2D eigenvalue weighted by atomic mass is 32.2. The van der Waals surface area contributed by atoms with E-state index in [0.717, 1.165) is 19.3 Å². The number of amides is 1. The number of nitrogens with one attached hydrogen (secondary N) is 1. The van der Waals surface area contributed by atoms with E-state index < -0.39 is 22.5 Å². The maximum absolute atomic E-state index is 11.8. The van der Waals surface area contributed by atoms with Gasteiger partial charge >= 0.3 is 5.97 Å². The Kier molecular flexibility index (Phi) is 6.95. The smallest absolute Gasteiger partial charge is 0.306 e. The largest absolute Gasteiger partial charge is 0.456 e. The maximum Gasteiger partial charge on any atom is 0.306 e. The van der Waals surface area contributed by atoms with Crippen LogP contribution >= 0.6 is 0 Å². The molecule has 0 saturated heterocycles. The molecule has 1 saturated carbocycles. The van der Waals surface area contributed by atoms with Crippen molar-refractivity contribution < 1.29 is 22.7 Å². The van der Waals surface area contributed by atoms with Gasteiger partial charge in [0.25, 0.3) is 5.91 Å². The van der Waals surface area contributed by atoms with Gasteiger partial charge in [-0.25, -0.2) is 13.6 Å². The molecule has 0 bridgehead atoms. The summed E-state index contributed by atoms with van der Waals surface area (Å²) in [5, 5.41) is 7.52. The van der Waals surface area contributed by atoms with Crippen molar-refractivity contribution >= 4 is 27.6 Å². The van der Waals surface area contributed by atoms with Crippen molar-refractivity contribution in [2.75, 3.05) is 11.9 Å². The van der Waals surface area contributed by atoms with Crippen LogP contribution in [0.3, 0.4) is 0 Å². The van der Waals surface area contributed by atoms with Gasteiger partial charge in [0.05, 0.1) is 4.90 Å². The maximum atomic E-state index is 11.8. The molecule has 0 aliphatic heterocycles. The third kappa shape index (κ3) is 6.83. The number of primary sulfonamides is 1. The minimum Gasteiger partial charge on any atom is -0.456 e. The van der Waals surface area contributed by atoms with E-state index in [1.807, 2.05) is 0 Å². The quantitative estimate of drug-likeness (QED) is 0.716. The Morgan fingerprint density at radius 1 is 1.20 bits per heavy atom. The molecule has 1 amide bonds. The highest BCUT2D eigenvalue weighted by Gasteiger charge is 2.16. The first-order valence-corrected chi connectivity index (χ1v) is 9.97. The summed E-state index contributed by atoms with van der Waals surface area (Å²) in [6.45, 7) is -0.400. The molecular weight excluding hydrogens is 344 g/mol. The molecule has 8 heteroatoms. The number of benzene rings is 1. The zero-order valence-electron chi connectivity index (χ0n) is 14.1. The summed E-state index contributed by atoms with van der Waals surface area (Å²) in [5.41, 5.74) is 0.273. The van der Waals surface area contributed by atoms with Crippen molar-refractivity contribution in [1.29, 1.82) is 0 Å². The van der Waals surface area contributed by atoms with Gasteiger partial charge < -0.3 is 10.1 Å². The number of hydrogen-bond acceptors (Lipinski definition) is 5. The lowest BCUT2D eigenvalue weighted by atomic mass is 9.86. The predicted octanol–water partition coefficient (Wildman–Crippen LogP) is 2.18. The van der Waals surface area contributed by atoms with Gasteiger partial charge in [-0.15, -0.1) is 0 Å². The van der Waals surface area contributed by atoms with Gasteiger partial charge in [0.1, 0.15) is 0 Å². The van der Waals surface area contributed by atoms with Gasteiger partial charge in [0, 0.05) is 12.1 Å². The molecule has 0 atom stereocenters. The lowest BCUT2D eigenvalue weighted by Crippen LogP contribution is -2.21. The summed E-state index contributed by atoms with van der Waals surface area (Å²) in [5.74, 6) is -0.340. The number of carbonyl (C=O) groups excluding carboxylic acids is 2. The average molecular weight is 368 g/mol. The highest BCUT2D eigenvalue weighted by Crippen LogP contribution is 2.27. The van der Waals surface area contributed by atoms with E-state index in [4.69, 9.17) is 9.88 Å². The standard InChI is InChI=1S/C17H24N2O5S/c18-25(22,23)15-8-4-7-14(11-15)19-16(20)12-24-17(21)10-9-13-5-2-1-3-6-13/h4,7-8,11,13H,1-3,5-6,9-10,12H2,(H,19,20)(H2,18,22,23). The number of anilines is 1. The van der Waals surface area contributed by atoms with E-state index in [2.05, 4.69) is 5.32 Å². The number of sulfonamides is 1. The first kappa shape index (κ1) is 19.4. The van der Waals surface area contributed by atoms with Crippen molar-refractivity contribution in [3.05, 3.63) is 24.3 Å². The van der Waals surface area contributed by atoms with Gasteiger partial charge in [-0.3, -0.25) is 9.59 Å². The van der Waals surface area contributed by atoms with Gasteiger partial charge in [-0.1, -0.05) is 38.2 Å². The number of ether oxygens (including phenoxy) is 1. The molecule has 1 aromatic carbocycles. The van der Waals surface area contributed by atoms with E-state index in [1.54, 1.807) is 0 Å². The van der Waals surface area contributed by atoms with Crippen molar-refractivity contribution in [2.45, 2.75) is 49.8 Å². The number of nitrogens with two attached hydrogens (primary N) is 1. The molecule has 0 aromatic heterocycles. The minimum atomic E-state index is -3.84. The second-order valence-electron chi connectivity index (χ2n) is 6.32. The van der Waals surface area contributed by atoms with Crippen LogP contribution in [0, 0.1) is 5.92 Å². The van der Waals surface area contributed by atoms with Gasteiger partial charge in [-0.05, 0) is 30.5 Å². The Morgan fingerprint density at radius 3 is 2.60 bits per heavy atom. The van der Waals surface area contributed by atoms with Crippen LogP contribution in [-0.2, 0) is 24.3 Å². The Bertz CT molecular complexity index is 712. The summed E-state index contributed by atoms with van der Waals surface area (Å²) < 4.78 is 27.5. The third-order valence-corrected chi connectivity index (χ3v) is 5.20. The van der Waals surface area contributed by atoms with Crippen LogP contribution in [0.15, 0.2) is 29.2 Å². The average Bonchev–Trinajstić information content (AvgIpc) is 2.58. The monoisotopic (exact) mass is 368 g/mol. The molecule has 7 nitrogen and oxygen atoms in total. The zero-order chi connectivity index (χ0) is 18.3. The fourth-order valence-corrected chi connectivity index (χ4v) is 3.52. The minimum absolute atomic E-state index is 0.102. The molecule has 3 N–H and O–H groups in total. The molecule has 1 aromatic rings. The predicted molar refractivity (Wildman–Crippen MR) is 93.2 cm³/mol. The number of carbonyl (C=O) groups is 2. The third-order valence-electron chi connectivity index (χ3n) is 4.29. The molecule has 0 radical (unpaired) electrons. The fraction of sp³-hybridized carbons (Fsp3) is 0.529. The number of esters is 1. The SMILES string of the molecule is NS(=O)(=O)c1cccc(NC(=O)COC(=O)CCC2CCCCC2)c1. The van der Waals surface area contributed by atoms with E-state index in [-0.39, 0.29) is 16.6 Å². The summed E-state index contributed by atoms with van der Waals surface area (Å²) in [6, 6.07) is 5.57. The van der Waals surface area contributed by atoms with Crippen LogP contribution in [0.2, 0.25) is 0 Å². The number of rotatable bonds is 7. The summed E-state index contributed by atoms with van der Waals surface area (Å²) >= 11 is 0. The lowest BCUT2D eigenvalue weighted by molar-refractivity contribution is -0.147. The van der Waals surface area contributed by atoms with Crippen LogP contribution in [-0.4, -0.2) is 26.9 Å². The van der Waals surface area contributed by atoms with Crippen LogP contribution in [0.1, 0.15) is 44.9 Å². The van der Waals surface area contributed by atoms with Crippen molar-refractivity contribution in [3.8, 4) is 0 Å². The van der Waals surface area contributed by atoms with Crippen LogP contribution < -0.4 is 10.5 Å². The fourth-order valence-electron chi connectivity index (χ4n) is 2.96. The molecular formula is C17H24N2O5S. The van der Waals surface area contributed by atoms with Crippen molar-refractivity contribution in [2.24, 2.45) is 11.1 Å². The van der Waals surface area contributed by atoms with Gasteiger partial charge in [0.15, 0.2) is 6.61 Å². The first-order valence-electron chi connectivity index (χ1n) is 8.43. The van der Waals surface area contributed by atoms with E-state index >= 15 is 0 Å². The Hall–Kier alpha value is -1.93. The summed E-state index contributed by atoms with van der Waals surface area (Å²) in [4.78, 5) is 23.4. The van der Waals surface area contributed by atoms with Crippen LogP contribution in [0.4, 0.5) is 5.69 Å². The molecule has 0 heterocycles. The van der Waals surface area contributed by atoms with Crippen molar-refractivity contribution in [1.82, 2.24) is 0 Å². The zero-order valence-corrected chi connectivity index (χ0v) is 14.9. The van der Waals surface area contributed by atoms with Gasteiger partial charge in [-0.2, -0.15) is 0 Å². The second-order valence-corrected chi connectivity index (χ2v) is 7.89. The Labute approximate surface area is 148 Å². The molecule has 138 valence electrons. The molecule has 0 spiro atoms. The van der Waals surface area contributed by atoms with Crippen LogP contribution in [0.25, 0.3) is 0 Å².